The first-order chi connectivity index (χ1) is 10.1. The maximum absolute atomic E-state index is 6.23. The van der Waals surface area contributed by atoms with Crippen LogP contribution in [0, 0.1) is 5.92 Å². The van der Waals surface area contributed by atoms with Crippen molar-refractivity contribution in [1.29, 1.82) is 0 Å². The average Bonchev–Trinajstić information content (AvgIpc) is 2.72. The predicted octanol–water partition coefficient (Wildman–Crippen LogP) is 4.60. The summed E-state index contributed by atoms with van der Waals surface area (Å²) in [6.45, 7) is 3.69. The zero-order valence-electron chi connectivity index (χ0n) is 12.7. The van der Waals surface area contributed by atoms with Gasteiger partial charge in [0.05, 0.1) is 16.7 Å². The number of hydrogen-bond acceptors (Lipinski definition) is 2. The van der Waals surface area contributed by atoms with Gasteiger partial charge in [-0.15, -0.1) is 0 Å². The van der Waals surface area contributed by atoms with E-state index in [9.17, 15) is 0 Å². The molecule has 2 aliphatic heterocycles. The van der Waals surface area contributed by atoms with Crippen molar-refractivity contribution in [2.45, 2.75) is 44.2 Å². The topological polar surface area (TPSA) is 12.5 Å². The first-order valence-corrected chi connectivity index (χ1v) is 8.62. The molecule has 4 heteroatoms. The maximum Gasteiger partial charge on any atom is 0.0595 e. The zero-order chi connectivity index (χ0) is 15.0. The van der Waals surface area contributed by atoms with Crippen molar-refractivity contribution in [1.82, 2.24) is 4.90 Å². The molecule has 2 bridgehead atoms. The number of nitrogens with zero attached hydrogens (tertiary/aromatic N) is 1. The molecule has 2 nitrogen and oxygen atoms in total. The van der Waals surface area contributed by atoms with E-state index in [0.29, 0.717) is 34.0 Å². The monoisotopic (exact) mass is 327 g/mol. The Morgan fingerprint density at radius 3 is 2.76 bits per heavy atom. The first kappa shape index (κ1) is 15.6. The molecule has 0 aromatic heterocycles. The zero-order valence-corrected chi connectivity index (χ0v) is 14.2. The molecule has 2 fully saturated rings. The second-order valence-corrected chi connectivity index (χ2v) is 7.12. The highest BCUT2D eigenvalue weighted by Crippen LogP contribution is 2.46. The first-order valence-electron chi connectivity index (χ1n) is 7.86. The Balaban J connectivity index is 1.88. The van der Waals surface area contributed by atoms with E-state index in [-0.39, 0.29) is 0 Å². The van der Waals surface area contributed by atoms with Gasteiger partial charge in [0, 0.05) is 24.6 Å². The Bertz CT molecular complexity index is 508. The van der Waals surface area contributed by atoms with Crippen molar-refractivity contribution in [3.05, 3.63) is 33.8 Å². The molecule has 0 saturated carbocycles. The number of piperidine rings is 1. The van der Waals surface area contributed by atoms with E-state index >= 15 is 0 Å². The molecule has 2 saturated heterocycles. The van der Waals surface area contributed by atoms with Crippen LogP contribution in [0.3, 0.4) is 0 Å². The summed E-state index contributed by atoms with van der Waals surface area (Å²) in [5, 5.41) is 1.30. The minimum absolute atomic E-state index is 0.528. The Hall–Kier alpha value is -0.280. The second kappa shape index (κ2) is 6.45. The number of halogens is 2. The molecule has 3 rings (SSSR count). The number of hydrogen-bond donors (Lipinski definition) is 0. The lowest BCUT2D eigenvalue weighted by Crippen LogP contribution is -2.47. The molecule has 1 aromatic rings. The van der Waals surface area contributed by atoms with Crippen molar-refractivity contribution in [2.24, 2.45) is 5.92 Å². The van der Waals surface area contributed by atoms with E-state index in [4.69, 9.17) is 27.9 Å². The standard InChI is InChI=1S/C17H23Cl2NO/c1-3-21-10-14-13(9-12-5-7-17(14)20(12)2)11-4-6-15(18)16(19)8-11/h4,6,8,12-14,17H,3,5,7,9-10H2,1-2H3/t12-,13?,14?,17-/m1/s1. The lowest BCUT2D eigenvalue weighted by molar-refractivity contribution is 0.0253. The number of ether oxygens (including phenoxy) is 1. The Morgan fingerprint density at radius 1 is 1.24 bits per heavy atom. The minimum atomic E-state index is 0.528. The molecule has 2 aliphatic rings. The van der Waals surface area contributed by atoms with Crippen molar-refractivity contribution >= 4 is 23.2 Å². The molecule has 2 heterocycles. The summed E-state index contributed by atoms with van der Waals surface area (Å²) in [5.74, 6) is 1.07. The van der Waals surface area contributed by atoms with Gasteiger partial charge in [-0.1, -0.05) is 29.3 Å². The van der Waals surface area contributed by atoms with E-state index < -0.39 is 0 Å². The molecule has 0 aliphatic carbocycles. The Kier molecular flexibility index (Phi) is 4.80. The van der Waals surface area contributed by atoms with Gasteiger partial charge >= 0.3 is 0 Å². The smallest absolute Gasteiger partial charge is 0.0595 e. The minimum Gasteiger partial charge on any atom is -0.381 e. The van der Waals surface area contributed by atoms with Gasteiger partial charge < -0.3 is 9.64 Å². The average molecular weight is 328 g/mol. The van der Waals surface area contributed by atoms with Crippen LogP contribution >= 0.6 is 23.2 Å². The van der Waals surface area contributed by atoms with Gasteiger partial charge in [0.15, 0.2) is 0 Å². The van der Waals surface area contributed by atoms with E-state index in [1.165, 1.54) is 24.8 Å². The van der Waals surface area contributed by atoms with Gasteiger partial charge in [0.25, 0.3) is 0 Å². The number of fused-ring (bicyclic) bond motifs is 2. The molecule has 21 heavy (non-hydrogen) atoms. The number of benzene rings is 1. The SMILES string of the molecule is CCOCC1C(c2ccc(Cl)c(Cl)c2)C[C@H]2CC[C@H]1N2C. The highest BCUT2D eigenvalue weighted by molar-refractivity contribution is 6.42. The van der Waals surface area contributed by atoms with Gasteiger partial charge in [0.1, 0.15) is 0 Å². The highest BCUT2D eigenvalue weighted by atomic mass is 35.5. The molecular formula is C17H23Cl2NO. The largest absolute Gasteiger partial charge is 0.381 e. The van der Waals surface area contributed by atoms with Crippen LogP contribution in [-0.2, 0) is 4.74 Å². The van der Waals surface area contributed by atoms with E-state index in [1.54, 1.807) is 0 Å². The summed E-state index contributed by atoms with van der Waals surface area (Å²) in [6, 6.07) is 7.46. The molecule has 0 N–H and O–H groups in total. The fourth-order valence-electron chi connectivity index (χ4n) is 4.18. The van der Waals surface area contributed by atoms with E-state index in [0.717, 1.165) is 13.2 Å². The second-order valence-electron chi connectivity index (χ2n) is 6.30. The fourth-order valence-corrected chi connectivity index (χ4v) is 4.49. The van der Waals surface area contributed by atoms with Gasteiger partial charge in [-0.2, -0.15) is 0 Å². The predicted molar refractivity (Wildman–Crippen MR) is 88.4 cm³/mol. The normalized spacial score (nSPS) is 32.6. The lowest BCUT2D eigenvalue weighted by atomic mass is 9.76. The maximum atomic E-state index is 6.23. The lowest BCUT2D eigenvalue weighted by Gasteiger charge is -2.43. The van der Waals surface area contributed by atoms with Crippen LogP contribution in [0.4, 0.5) is 0 Å². The quantitative estimate of drug-likeness (QED) is 0.801. The van der Waals surface area contributed by atoms with Crippen LogP contribution in [0.1, 0.15) is 37.7 Å². The van der Waals surface area contributed by atoms with Gasteiger partial charge in [0.2, 0.25) is 0 Å². The Morgan fingerprint density at radius 2 is 2.05 bits per heavy atom. The van der Waals surface area contributed by atoms with Crippen LogP contribution in [0.25, 0.3) is 0 Å². The van der Waals surface area contributed by atoms with Crippen molar-refractivity contribution in [3.8, 4) is 0 Å². The van der Waals surface area contributed by atoms with Gasteiger partial charge in [-0.3, -0.25) is 0 Å². The van der Waals surface area contributed by atoms with Crippen LogP contribution in [0.5, 0.6) is 0 Å². The molecule has 0 spiro atoms. The van der Waals surface area contributed by atoms with Crippen LogP contribution in [0.2, 0.25) is 10.0 Å². The van der Waals surface area contributed by atoms with Gasteiger partial charge in [-0.25, -0.2) is 0 Å². The van der Waals surface area contributed by atoms with Crippen LogP contribution in [0.15, 0.2) is 18.2 Å². The van der Waals surface area contributed by atoms with Crippen molar-refractivity contribution in [2.75, 3.05) is 20.3 Å². The summed E-state index contributed by atoms with van der Waals surface area (Å²) in [4.78, 5) is 2.57. The summed E-state index contributed by atoms with van der Waals surface area (Å²) in [7, 11) is 2.27. The van der Waals surface area contributed by atoms with Crippen LogP contribution < -0.4 is 0 Å². The summed E-state index contributed by atoms with van der Waals surface area (Å²) in [5.41, 5.74) is 1.32. The fraction of sp³-hybridized carbons (Fsp3) is 0.647. The molecular weight excluding hydrogens is 305 g/mol. The molecule has 2 unspecified atom stereocenters. The Labute approximate surface area is 137 Å². The van der Waals surface area contributed by atoms with Crippen molar-refractivity contribution < 1.29 is 4.74 Å². The summed E-state index contributed by atoms with van der Waals surface area (Å²) < 4.78 is 5.79. The van der Waals surface area contributed by atoms with Crippen LogP contribution in [-0.4, -0.2) is 37.2 Å². The number of rotatable bonds is 4. The van der Waals surface area contributed by atoms with E-state index in [2.05, 4.69) is 31.0 Å². The molecule has 4 atom stereocenters. The van der Waals surface area contributed by atoms with Gasteiger partial charge in [-0.05, 0) is 56.8 Å². The summed E-state index contributed by atoms with van der Waals surface area (Å²) in [6.07, 6.45) is 3.79. The highest BCUT2D eigenvalue weighted by Gasteiger charge is 2.45. The molecule has 0 amide bonds. The third-order valence-electron chi connectivity index (χ3n) is 5.32. The summed E-state index contributed by atoms with van der Waals surface area (Å²) >= 11 is 12.3. The third kappa shape index (κ3) is 2.96. The third-order valence-corrected chi connectivity index (χ3v) is 6.06. The molecule has 1 aromatic carbocycles. The van der Waals surface area contributed by atoms with Crippen molar-refractivity contribution in [3.63, 3.8) is 0 Å². The molecule has 0 radical (unpaired) electrons. The van der Waals surface area contributed by atoms with E-state index in [1.807, 2.05) is 6.07 Å². The molecule has 116 valence electrons.